The van der Waals surface area contributed by atoms with Crippen LogP contribution in [0.2, 0.25) is 0 Å². The molecule has 0 bridgehead atoms. The number of carboxylic acids is 1. The van der Waals surface area contributed by atoms with Crippen molar-refractivity contribution in [3.63, 3.8) is 0 Å². The molecule has 2 unspecified atom stereocenters. The lowest BCUT2D eigenvalue weighted by Gasteiger charge is -2.24. The molecule has 1 heterocycles. The van der Waals surface area contributed by atoms with E-state index in [0.29, 0.717) is 11.1 Å². The second kappa shape index (κ2) is 10.6. The Morgan fingerprint density at radius 3 is 2.43 bits per heavy atom. The van der Waals surface area contributed by atoms with Crippen LogP contribution in [0.15, 0.2) is 48.5 Å². The molecule has 1 aliphatic carbocycles. The van der Waals surface area contributed by atoms with Crippen LogP contribution in [0.1, 0.15) is 30.1 Å². The fraction of sp³-hybridized carbons (Fsp3) is 0.320. The third kappa shape index (κ3) is 6.85. The molecule has 37 heavy (non-hydrogen) atoms. The molecule has 2 aromatic carbocycles. The molecule has 0 saturated heterocycles. The van der Waals surface area contributed by atoms with E-state index in [4.69, 9.17) is 26.0 Å². The van der Waals surface area contributed by atoms with Crippen LogP contribution in [0, 0.1) is 11.7 Å². The molecule has 0 radical (unpaired) electrons. The van der Waals surface area contributed by atoms with Gasteiger partial charge in [-0.3, -0.25) is 4.79 Å². The van der Waals surface area contributed by atoms with E-state index >= 15 is 0 Å². The predicted octanol–water partition coefficient (Wildman–Crippen LogP) is 4.29. The first-order valence-electron chi connectivity index (χ1n) is 11.4. The number of hydrogen-bond acceptors (Lipinski definition) is 7. The minimum Gasteiger partial charge on any atom is -0.493 e. The number of alkyl halides is 3. The zero-order chi connectivity index (χ0) is 26.7. The Labute approximate surface area is 209 Å². The topological polar surface area (TPSA) is 134 Å². The van der Waals surface area contributed by atoms with Crippen molar-refractivity contribution < 1.29 is 36.9 Å². The number of carboxylic acid groups (broad SMARTS) is 1. The highest BCUT2D eigenvalue weighted by molar-refractivity contribution is 5.73. The van der Waals surface area contributed by atoms with Crippen LogP contribution in [0.25, 0.3) is 11.3 Å². The monoisotopic (exact) mass is 520 g/mol. The normalized spacial score (nSPS) is 15.2. The molecule has 1 fully saturated rings. The van der Waals surface area contributed by atoms with Crippen molar-refractivity contribution in [3.05, 3.63) is 65.5 Å². The molecule has 0 aliphatic heterocycles. The number of nitrogens with zero attached hydrogens (tertiary/aromatic N) is 2. The number of rotatable bonds is 10. The van der Waals surface area contributed by atoms with Gasteiger partial charge >= 0.3 is 12.1 Å². The fourth-order valence-electron chi connectivity index (χ4n) is 3.57. The second-order valence-corrected chi connectivity index (χ2v) is 8.77. The lowest BCUT2D eigenvalue weighted by atomic mass is 10.0. The minimum atomic E-state index is -4.89. The van der Waals surface area contributed by atoms with E-state index in [9.17, 15) is 22.4 Å². The maximum Gasteiger partial charge on any atom is 0.429 e. The number of ether oxygens (including phenoxy) is 2. The average molecular weight is 520 g/mol. The molecular weight excluding hydrogens is 496 g/mol. The molecule has 0 spiro atoms. The van der Waals surface area contributed by atoms with Crippen LogP contribution in [0.4, 0.5) is 23.5 Å². The number of aromatic nitrogens is 2. The van der Waals surface area contributed by atoms with Crippen LogP contribution >= 0.6 is 0 Å². The molecule has 12 heteroatoms. The molecule has 2 atom stereocenters. The quantitative estimate of drug-likeness (QED) is 0.337. The highest BCUT2D eigenvalue weighted by Crippen LogP contribution is 2.41. The Morgan fingerprint density at radius 2 is 1.81 bits per heavy atom. The molecule has 8 nitrogen and oxygen atoms in total. The Balaban J connectivity index is 1.61. The Kier molecular flexibility index (Phi) is 7.48. The molecule has 3 aromatic rings. The van der Waals surface area contributed by atoms with E-state index in [1.54, 1.807) is 24.3 Å². The Hall–Kier alpha value is -3.93. The molecule has 1 aromatic heterocycles. The van der Waals surface area contributed by atoms with Gasteiger partial charge in [0.25, 0.3) is 0 Å². The van der Waals surface area contributed by atoms with Crippen LogP contribution in [0.3, 0.4) is 0 Å². The van der Waals surface area contributed by atoms with Crippen LogP contribution in [0.5, 0.6) is 11.6 Å². The van der Waals surface area contributed by atoms with Crippen molar-refractivity contribution in [3.8, 4) is 22.9 Å². The van der Waals surface area contributed by atoms with Crippen molar-refractivity contribution in [1.82, 2.24) is 9.97 Å². The van der Waals surface area contributed by atoms with Gasteiger partial charge in [-0.15, -0.1) is 0 Å². The predicted molar refractivity (Wildman–Crippen MR) is 125 cm³/mol. The number of benzene rings is 2. The van der Waals surface area contributed by atoms with E-state index in [-0.39, 0.29) is 36.3 Å². The van der Waals surface area contributed by atoms with Crippen LogP contribution in [-0.4, -0.2) is 39.9 Å². The third-order valence-corrected chi connectivity index (χ3v) is 5.71. The number of anilines is 1. The zero-order valence-electron chi connectivity index (χ0n) is 19.4. The summed E-state index contributed by atoms with van der Waals surface area (Å²) in [7, 11) is 0. The van der Waals surface area contributed by atoms with E-state index < -0.39 is 41.6 Å². The molecule has 4 rings (SSSR count). The number of halogens is 4. The van der Waals surface area contributed by atoms with Crippen LogP contribution in [-0.2, 0) is 11.2 Å². The van der Waals surface area contributed by atoms with Gasteiger partial charge in [0.05, 0.1) is 12.3 Å². The van der Waals surface area contributed by atoms with Gasteiger partial charge in [-0.2, -0.15) is 18.2 Å². The van der Waals surface area contributed by atoms with Crippen molar-refractivity contribution in [2.75, 3.05) is 12.3 Å². The maximum atomic E-state index is 14.1. The number of hydrogen-bond donors (Lipinski definition) is 3. The van der Waals surface area contributed by atoms with Gasteiger partial charge in [-0.05, 0) is 42.9 Å². The van der Waals surface area contributed by atoms with E-state index in [1.807, 2.05) is 0 Å². The number of nitrogen functional groups attached to an aromatic ring is 1. The van der Waals surface area contributed by atoms with Gasteiger partial charge in [0.15, 0.2) is 0 Å². The van der Waals surface area contributed by atoms with Crippen LogP contribution < -0.4 is 20.9 Å². The highest BCUT2D eigenvalue weighted by Gasteiger charge is 2.45. The SMILES string of the molecule is Nc1nc(OC(c2ccc(F)cc2OCC2CC2)C(F)(F)F)cc(-c2ccc(CC(N)C(=O)O)cc2)n1. The second-order valence-electron chi connectivity index (χ2n) is 8.77. The summed E-state index contributed by atoms with van der Waals surface area (Å²) in [5.74, 6) is -2.68. The van der Waals surface area contributed by atoms with Gasteiger partial charge in [0.2, 0.25) is 17.9 Å². The zero-order valence-corrected chi connectivity index (χ0v) is 19.4. The lowest BCUT2D eigenvalue weighted by Crippen LogP contribution is -2.32. The summed E-state index contributed by atoms with van der Waals surface area (Å²) in [6, 6.07) is 9.33. The van der Waals surface area contributed by atoms with Gasteiger partial charge in [-0.1, -0.05) is 24.3 Å². The van der Waals surface area contributed by atoms with E-state index in [0.717, 1.165) is 31.0 Å². The smallest absolute Gasteiger partial charge is 0.429 e. The first-order valence-corrected chi connectivity index (χ1v) is 11.4. The molecule has 196 valence electrons. The summed E-state index contributed by atoms with van der Waals surface area (Å²) in [5.41, 5.74) is 12.2. The van der Waals surface area contributed by atoms with E-state index in [1.165, 1.54) is 6.07 Å². The first kappa shape index (κ1) is 26.1. The third-order valence-electron chi connectivity index (χ3n) is 5.71. The largest absolute Gasteiger partial charge is 0.493 e. The molecule has 1 saturated carbocycles. The first-order chi connectivity index (χ1) is 17.5. The highest BCUT2D eigenvalue weighted by atomic mass is 19.4. The Morgan fingerprint density at radius 1 is 1.11 bits per heavy atom. The Bertz CT molecular complexity index is 1270. The van der Waals surface area contributed by atoms with Crippen molar-refractivity contribution in [2.45, 2.75) is 37.6 Å². The van der Waals surface area contributed by atoms with Gasteiger partial charge in [-0.25, -0.2) is 9.37 Å². The maximum absolute atomic E-state index is 14.1. The summed E-state index contributed by atoms with van der Waals surface area (Å²) in [6.45, 7) is 0.180. The summed E-state index contributed by atoms with van der Waals surface area (Å²) in [5, 5.41) is 8.96. The number of nitrogens with two attached hydrogens (primary N) is 2. The van der Waals surface area contributed by atoms with Crippen molar-refractivity contribution in [1.29, 1.82) is 0 Å². The van der Waals surface area contributed by atoms with Crippen molar-refractivity contribution in [2.24, 2.45) is 11.7 Å². The van der Waals surface area contributed by atoms with Gasteiger partial charge < -0.3 is 26.0 Å². The lowest BCUT2D eigenvalue weighted by molar-refractivity contribution is -0.199. The molecular formula is C25H24F4N4O4. The number of aliphatic carboxylic acids is 1. The summed E-state index contributed by atoms with van der Waals surface area (Å²) in [4.78, 5) is 18.8. The van der Waals surface area contributed by atoms with Crippen molar-refractivity contribution >= 4 is 11.9 Å². The molecule has 1 aliphatic rings. The fourth-order valence-corrected chi connectivity index (χ4v) is 3.57. The number of carbonyl (C=O) groups is 1. The summed E-state index contributed by atoms with van der Waals surface area (Å²) >= 11 is 0. The minimum absolute atomic E-state index is 0.0893. The van der Waals surface area contributed by atoms with Gasteiger partial charge in [0.1, 0.15) is 17.6 Å². The van der Waals surface area contributed by atoms with E-state index in [2.05, 4.69) is 9.97 Å². The summed E-state index contributed by atoms with van der Waals surface area (Å²) < 4.78 is 66.9. The standard InChI is InChI=1S/C25H24F4N4O4/c26-16-7-8-17(20(10-16)36-12-14-1-2-14)22(25(27,28)29)37-21-11-19(32-24(31)33-21)15-5-3-13(4-6-15)9-18(30)23(34)35/h3-8,10-11,14,18,22H,1-2,9,12,30H2,(H,34,35)(H2,31,32,33). The molecule has 5 N–H and O–H groups in total. The summed E-state index contributed by atoms with van der Waals surface area (Å²) in [6.07, 6.45) is -5.50. The molecule has 0 amide bonds. The average Bonchev–Trinajstić information content (AvgIpc) is 3.65. The van der Waals surface area contributed by atoms with Gasteiger partial charge in [0, 0.05) is 23.3 Å².